The van der Waals surface area contributed by atoms with Crippen LogP contribution in [0.2, 0.25) is 0 Å². The van der Waals surface area contributed by atoms with Gasteiger partial charge in [0.2, 0.25) is 0 Å². The Morgan fingerprint density at radius 3 is 0.907 bits per heavy atom. The molecule has 0 radical (unpaired) electrons. The summed E-state index contributed by atoms with van der Waals surface area (Å²) in [6, 6.07) is 92.4. The first-order chi connectivity index (χ1) is 53.2. The molecule has 10 aromatic rings. The molecule has 0 aromatic heterocycles. The van der Waals surface area contributed by atoms with E-state index in [1.54, 1.807) is 67.8 Å². The lowest BCUT2D eigenvalue weighted by molar-refractivity contribution is -0.391. The molecule has 3 saturated heterocycles. The topological polar surface area (TPSA) is 202 Å². The van der Waals surface area contributed by atoms with Crippen molar-refractivity contribution in [3.8, 4) is 5.75 Å². The SMILES string of the molecule is COc1ccc(COC[C@H]2O[C@@H](O)[C@H](OC(=O)c3ccccc3)[C@@H](OC(=O)c3ccccc3)[C@@H]2O[C@H]2O[C@H](COCc3ccccc3)[C@@H](O[C@@H]3O[C@H](COCc4ccccc4)[C@H](OCc4ccccc4)[C@H](OCc4ccccc4)[C@H]3OCc3ccccc3)[C@H](OCc3ccccc3)[C@H]2OCc2ccccc2)cc1. The second kappa shape index (κ2) is 40.0. The van der Waals surface area contributed by atoms with Crippen LogP contribution in [0.1, 0.15) is 65.2 Å². The normalized spacial score (nSPS) is 24.1. The quantitative estimate of drug-likeness (QED) is 0.0363. The van der Waals surface area contributed by atoms with Crippen LogP contribution in [-0.4, -0.2) is 136 Å². The van der Waals surface area contributed by atoms with Gasteiger partial charge in [-0.2, -0.15) is 0 Å². The molecule has 0 amide bonds. The minimum absolute atomic E-state index is 0.00385. The van der Waals surface area contributed by atoms with Gasteiger partial charge < -0.3 is 80.9 Å². The summed E-state index contributed by atoms with van der Waals surface area (Å²) >= 11 is 0. The summed E-state index contributed by atoms with van der Waals surface area (Å²) in [5.74, 6) is -1.02. The number of ether oxygens (including phenoxy) is 16. The Balaban J connectivity index is 0.942. The standard InChI is InChI=1S/C89H90O19/c1-93-72-49-47-69(48-50-72)53-96-60-74-78(81(105-85(90)70-43-25-9-26-44-70)82(87(92)102-74)106-86(91)71-45-27-10-28-46-71)108-89-84(101-58-68-41-23-8-24-42-68)80(99-56-66-37-19-6-20-38-66)77(75(104-89)61-95-52-63-31-13-3-14-32-63)107-88-83(100-57-67-39-21-7-22-40-67)79(98-55-65-35-17-5-18-36-65)76(97-54-64-33-15-4-16-34-64)73(103-88)59-94-51-62-29-11-2-12-30-62/h2-50,73-84,87-89,92H,51-61H2,1H3/t73-,74-,75-,76+,77-,78-,79+,80+,81+,82-,83-,84-,87-,88+,89-/m1/s1. The van der Waals surface area contributed by atoms with Crippen molar-refractivity contribution in [3.05, 3.63) is 353 Å². The van der Waals surface area contributed by atoms with Gasteiger partial charge in [0.25, 0.3) is 0 Å². The Kier molecular flexibility index (Phi) is 28.4. The first kappa shape index (κ1) is 76.6. The molecule has 108 heavy (non-hydrogen) atoms. The molecule has 560 valence electrons. The third kappa shape index (κ3) is 21.6. The molecule has 0 bridgehead atoms. The Hall–Kier alpha value is -9.62. The van der Waals surface area contributed by atoms with Gasteiger partial charge in [0.15, 0.2) is 31.1 Å². The molecule has 3 heterocycles. The van der Waals surface area contributed by atoms with E-state index in [9.17, 15) is 14.7 Å². The number of aliphatic hydroxyl groups is 1. The molecule has 0 saturated carbocycles. The molecular formula is C89H90O19. The third-order valence-electron chi connectivity index (χ3n) is 18.8. The van der Waals surface area contributed by atoms with Crippen LogP contribution in [0.25, 0.3) is 0 Å². The van der Waals surface area contributed by atoms with Gasteiger partial charge in [-0.05, 0) is 80.9 Å². The van der Waals surface area contributed by atoms with E-state index in [4.69, 9.17) is 75.8 Å². The lowest BCUT2D eigenvalue weighted by atomic mass is 9.95. The minimum atomic E-state index is -1.92. The predicted octanol–water partition coefficient (Wildman–Crippen LogP) is 14.0. The van der Waals surface area contributed by atoms with Crippen LogP contribution in [-0.2, 0) is 124 Å². The smallest absolute Gasteiger partial charge is 0.338 e. The zero-order valence-corrected chi connectivity index (χ0v) is 60.0. The fourth-order valence-corrected chi connectivity index (χ4v) is 13.2. The molecule has 3 aliphatic heterocycles. The molecule has 3 fully saturated rings. The first-order valence-electron chi connectivity index (χ1n) is 36.4. The van der Waals surface area contributed by atoms with Crippen molar-refractivity contribution in [1.29, 1.82) is 0 Å². The predicted molar refractivity (Wildman–Crippen MR) is 399 cm³/mol. The van der Waals surface area contributed by atoms with Crippen LogP contribution < -0.4 is 4.74 Å². The summed E-state index contributed by atoms with van der Waals surface area (Å²) in [5.41, 5.74) is 7.19. The lowest BCUT2D eigenvalue weighted by Gasteiger charge is -2.51. The fourth-order valence-electron chi connectivity index (χ4n) is 13.2. The van der Waals surface area contributed by atoms with Gasteiger partial charge in [-0.3, -0.25) is 0 Å². The summed E-state index contributed by atoms with van der Waals surface area (Å²) in [5, 5.41) is 12.4. The van der Waals surface area contributed by atoms with Gasteiger partial charge in [0.1, 0.15) is 66.8 Å². The maximum Gasteiger partial charge on any atom is 0.338 e. The maximum atomic E-state index is 14.9. The van der Waals surface area contributed by atoms with Gasteiger partial charge >= 0.3 is 11.9 Å². The van der Waals surface area contributed by atoms with Crippen LogP contribution in [0, 0.1) is 0 Å². The summed E-state index contributed by atoms with van der Waals surface area (Å²) in [6.45, 7) is 0.416. The van der Waals surface area contributed by atoms with E-state index in [0.717, 1.165) is 44.5 Å². The van der Waals surface area contributed by atoms with Crippen LogP contribution >= 0.6 is 0 Å². The van der Waals surface area contributed by atoms with E-state index < -0.39 is 104 Å². The van der Waals surface area contributed by atoms with Crippen molar-refractivity contribution in [2.24, 2.45) is 0 Å². The van der Waals surface area contributed by atoms with Crippen molar-refractivity contribution in [2.75, 3.05) is 26.9 Å². The van der Waals surface area contributed by atoms with Crippen molar-refractivity contribution in [3.63, 3.8) is 0 Å². The number of hydrogen-bond acceptors (Lipinski definition) is 19. The largest absolute Gasteiger partial charge is 0.497 e. The van der Waals surface area contributed by atoms with E-state index >= 15 is 0 Å². The molecule has 0 unspecified atom stereocenters. The number of carbonyl (C=O) groups excluding carboxylic acids is 2. The highest BCUT2D eigenvalue weighted by Crippen LogP contribution is 2.40. The van der Waals surface area contributed by atoms with E-state index in [0.29, 0.717) is 5.75 Å². The van der Waals surface area contributed by atoms with Crippen molar-refractivity contribution < 1.29 is 90.5 Å². The number of carbonyl (C=O) groups is 2. The van der Waals surface area contributed by atoms with Crippen LogP contribution in [0.3, 0.4) is 0 Å². The summed E-state index contributed by atoms with van der Waals surface area (Å²) in [7, 11) is 1.59. The average Bonchev–Trinajstić information content (AvgIpc) is 0.764. The number of benzene rings is 10. The van der Waals surface area contributed by atoms with Gasteiger partial charge in [-0.25, -0.2) is 9.59 Å². The molecule has 3 aliphatic rings. The Bertz CT molecular complexity index is 4220. The van der Waals surface area contributed by atoms with Crippen molar-refractivity contribution in [1.82, 2.24) is 0 Å². The Morgan fingerprint density at radius 1 is 0.287 bits per heavy atom. The van der Waals surface area contributed by atoms with Crippen molar-refractivity contribution in [2.45, 2.75) is 145 Å². The Labute approximate surface area is 629 Å². The zero-order chi connectivity index (χ0) is 73.9. The zero-order valence-electron chi connectivity index (χ0n) is 60.0. The van der Waals surface area contributed by atoms with E-state index in [1.807, 2.05) is 237 Å². The maximum absolute atomic E-state index is 14.9. The Morgan fingerprint density at radius 2 is 0.556 bits per heavy atom. The van der Waals surface area contributed by atoms with Crippen LogP contribution in [0.4, 0.5) is 0 Å². The molecule has 0 aliphatic carbocycles. The average molecular weight is 1460 g/mol. The molecule has 15 atom stereocenters. The summed E-state index contributed by atoms with van der Waals surface area (Å²) in [4.78, 5) is 29.3. The van der Waals surface area contributed by atoms with Crippen LogP contribution in [0.15, 0.2) is 297 Å². The molecule has 19 nitrogen and oxygen atoms in total. The second-order valence-corrected chi connectivity index (χ2v) is 26.5. The number of aliphatic hydroxyl groups excluding tert-OH is 1. The fraction of sp³-hybridized carbons (Fsp3) is 0.303. The molecule has 13 rings (SSSR count). The van der Waals surface area contributed by atoms with Gasteiger partial charge in [0, 0.05) is 0 Å². The van der Waals surface area contributed by atoms with E-state index in [2.05, 4.69) is 0 Å². The summed E-state index contributed by atoms with van der Waals surface area (Å²) < 4.78 is 112. The molecule has 19 heteroatoms. The lowest BCUT2D eigenvalue weighted by Crippen LogP contribution is -2.68. The third-order valence-corrected chi connectivity index (χ3v) is 18.8. The number of esters is 2. The van der Waals surface area contributed by atoms with Gasteiger partial charge in [-0.15, -0.1) is 0 Å². The number of rotatable bonds is 36. The second-order valence-electron chi connectivity index (χ2n) is 26.5. The minimum Gasteiger partial charge on any atom is -0.497 e. The molecule has 1 N–H and O–H groups in total. The highest BCUT2D eigenvalue weighted by Gasteiger charge is 2.58. The first-order valence-corrected chi connectivity index (χ1v) is 36.4. The molecule has 10 aromatic carbocycles. The van der Waals surface area contributed by atoms with Gasteiger partial charge in [-0.1, -0.05) is 261 Å². The van der Waals surface area contributed by atoms with Crippen LogP contribution in [0.5, 0.6) is 5.75 Å². The monoisotopic (exact) mass is 1460 g/mol. The van der Waals surface area contributed by atoms with E-state index in [-0.39, 0.29) is 83.8 Å². The highest BCUT2D eigenvalue weighted by atomic mass is 16.8. The number of hydrogen-bond donors (Lipinski definition) is 1. The van der Waals surface area contributed by atoms with Gasteiger partial charge in [0.05, 0.1) is 90.9 Å². The van der Waals surface area contributed by atoms with Crippen molar-refractivity contribution >= 4 is 11.9 Å². The molecular weight excluding hydrogens is 1370 g/mol. The molecule has 0 spiro atoms. The highest BCUT2D eigenvalue weighted by molar-refractivity contribution is 5.90. The summed E-state index contributed by atoms with van der Waals surface area (Å²) in [6.07, 6.45) is -19.6. The van der Waals surface area contributed by atoms with E-state index in [1.165, 1.54) is 0 Å². The number of methoxy groups -OCH3 is 1.